The molecule has 0 spiro atoms. The molecule has 2 nitrogen and oxygen atoms in total. The molecule has 0 saturated heterocycles. The average molecular weight is 262 g/mol. The van der Waals surface area contributed by atoms with Crippen molar-refractivity contribution in [1.29, 1.82) is 0 Å². The quantitative estimate of drug-likeness (QED) is 0.736. The summed E-state index contributed by atoms with van der Waals surface area (Å²) in [5.41, 5.74) is 15.2. The summed E-state index contributed by atoms with van der Waals surface area (Å²) in [5.74, 6) is 0. The van der Waals surface area contributed by atoms with E-state index in [4.69, 9.17) is 11.5 Å². The van der Waals surface area contributed by atoms with Crippen LogP contribution in [0.3, 0.4) is 0 Å². The van der Waals surface area contributed by atoms with Gasteiger partial charge in [-0.15, -0.1) is 0 Å². The molecular weight excluding hydrogens is 232 g/mol. The predicted octanol–water partition coefficient (Wildman–Crippen LogP) is 4.24. The first-order chi connectivity index (χ1) is 9.07. The molecule has 0 aliphatic heterocycles. The van der Waals surface area contributed by atoms with Gasteiger partial charge in [0.2, 0.25) is 0 Å². The second kappa shape index (κ2) is 7.66. The van der Waals surface area contributed by atoms with E-state index in [1.807, 2.05) is 0 Å². The SMILES string of the molecule is CCCC(N)c1cccc(C(N)(CCC)CCC)c1. The highest BCUT2D eigenvalue weighted by molar-refractivity contribution is 5.31. The van der Waals surface area contributed by atoms with Gasteiger partial charge in [-0.3, -0.25) is 0 Å². The van der Waals surface area contributed by atoms with E-state index >= 15 is 0 Å². The van der Waals surface area contributed by atoms with Gasteiger partial charge in [0.05, 0.1) is 0 Å². The molecule has 2 heteroatoms. The predicted molar refractivity (Wildman–Crippen MR) is 84.0 cm³/mol. The molecule has 1 unspecified atom stereocenters. The third kappa shape index (κ3) is 4.32. The first-order valence-corrected chi connectivity index (χ1v) is 7.72. The fraction of sp³-hybridized carbons (Fsp3) is 0.647. The zero-order chi connectivity index (χ0) is 14.3. The highest BCUT2D eigenvalue weighted by Crippen LogP contribution is 2.30. The summed E-state index contributed by atoms with van der Waals surface area (Å²) in [4.78, 5) is 0. The fourth-order valence-electron chi connectivity index (χ4n) is 2.86. The van der Waals surface area contributed by atoms with Crippen molar-refractivity contribution in [2.45, 2.75) is 70.9 Å². The monoisotopic (exact) mass is 262 g/mol. The number of benzene rings is 1. The molecule has 0 bridgehead atoms. The van der Waals surface area contributed by atoms with E-state index in [0.717, 1.165) is 38.5 Å². The van der Waals surface area contributed by atoms with E-state index in [9.17, 15) is 0 Å². The molecule has 108 valence electrons. The summed E-state index contributed by atoms with van der Waals surface area (Å²) >= 11 is 0. The summed E-state index contributed by atoms with van der Waals surface area (Å²) in [6.45, 7) is 6.57. The maximum atomic E-state index is 6.64. The van der Waals surface area contributed by atoms with Crippen LogP contribution in [-0.2, 0) is 5.54 Å². The van der Waals surface area contributed by atoms with Crippen molar-refractivity contribution in [3.63, 3.8) is 0 Å². The van der Waals surface area contributed by atoms with Crippen molar-refractivity contribution in [1.82, 2.24) is 0 Å². The Balaban J connectivity index is 3.01. The van der Waals surface area contributed by atoms with Crippen LogP contribution in [0.1, 0.15) is 76.5 Å². The highest BCUT2D eigenvalue weighted by atomic mass is 14.7. The maximum absolute atomic E-state index is 6.64. The van der Waals surface area contributed by atoms with E-state index < -0.39 is 0 Å². The summed E-state index contributed by atoms with van der Waals surface area (Å²) in [6.07, 6.45) is 6.44. The van der Waals surface area contributed by atoms with Crippen LogP contribution in [0.2, 0.25) is 0 Å². The first kappa shape index (κ1) is 16.2. The molecule has 0 aliphatic rings. The lowest BCUT2D eigenvalue weighted by Gasteiger charge is -2.30. The second-order valence-electron chi connectivity index (χ2n) is 5.68. The lowest BCUT2D eigenvalue weighted by atomic mass is 9.81. The van der Waals surface area contributed by atoms with Crippen LogP contribution in [0.5, 0.6) is 0 Å². The molecule has 1 aromatic carbocycles. The highest BCUT2D eigenvalue weighted by Gasteiger charge is 2.25. The van der Waals surface area contributed by atoms with Gasteiger partial charge in [-0.2, -0.15) is 0 Å². The zero-order valence-electron chi connectivity index (χ0n) is 12.8. The molecule has 19 heavy (non-hydrogen) atoms. The van der Waals surface area contributed by atoms with Crippen LogP contribution in [0.25, 0.3) is 0 Å². The lowest BCUT2D eigenvalue weighted by Crippen LogP contribution is -2.36. The van der Waals surface area contributed by atoms with E-state index in [2.05, 4.69) is 45.0 Å². The lowest BCUT2D eigenvalue weighted by molar-refractivity contribution is 0.369. The standard InChI is InChI=1S/C17H30N2/c1-4-8-16(18)14-9-7-10-15(13-14)17(19,11-5-2)12-6-3/h7,9-10,13,16H,4-6,8,11-12,18-19H2,1-3H3. The molecule has 0 aromatic heterocycles. The number of hydrogen-bond acceptors (Lipinski definition) is 2. The van der Waals surface area contributed by atoms with Gasteiger partial charge in [0.15, 0.2) is 0 Å². The average Bonchev–Trinajstić information content (AvgIpc) is 2.40. The molecule has 0 amide bonds. The summed E-state index contributed by atoms with van der Waals surface area (Å²) < 4.78 is 0. The van der Waals surface area contributed by atoms with E-state index in [0.29, 0.717) is 0 Å². The fourth-order valence-corrected chi connectivity index (χ4v) is 2.86. The van der Waals surface area contributed by atoms with Gasteiger partial charge in [0.1, 0.15) is 0 Å². The van der Waals surface area contributed by atoms with Crippen LogP contribution in [0.15, 0.2) is 24.3 Å². The maximum Gasteiger partial charge on any atom is 0.0409 e. The molecule has 1 aromatic rings. The van der Waals surface area contributed by atoms with Crippen molar-refractivity contribution in [2.75, 3.05) is 0 Å². The number of nitrogens with two attached hydrogens (primary N) is 2. The van der Waals surface area contributed by atoms with Gasteiger partial charge < -0.3 is 11.5 Å². The van der Waals surface area contributed by atoms with Crippen molar-refractivity contribution in [3.8, 4) is 0 Å². The topological polar surface area (TPSA) is 52.0 Å². The summed E-state index contributed by atoms with van der Waals surface area (Å²) in [5, 5.41) is 0. The van der Waals surface area contributed by atoms with Crippen LogP contribution in [0, 0.1) is 0 Å². The normalized spacial score (nSPS) is 13.5. The van der Waals surface area contributed by atoms with Crippen molar-refractivity contribution in [3.05, 3.63) is 35.4 Å². The minimum absolute atomic E-state index is 0.137. The molecule has 4 N–H and O–H groups in total. The van der Waals surface area contributed by atoms with Crippen molar-refractivity contribution < 1.29 is 0 Å². The Hall–Kier alpha value is -0.860. The van der Waals surface area contributed by atoms with Gasteiger partial charge in [0, 0.05) is 11.6 Å². The first-order valence-electron chi connectivity index (χ1n) is 7.72. The third-order valence-electron chi connectivity index (χ3n) is 3.88. The molecule has 1 rings (SSSR count). The Bertz CT molecular complexity index is 367. The van der Waals surface area contributed by atoms with Gasteiger partial charge in [0.25, 0.3) is 0 Å². The van der Waals surface area contributed by atoms with Crippen LogP contribution in [-0.4, -0.2) is 0 Å². The summed E-state index contributed by atoms with van der Waals surface area (Å²) in [7, 11) is 0. The Morgan fingerprint density at radius 1 is 1.05 bits per heavy atom. The Kier molecular flexibility index (Phi) is 6.53. The summed E-state index contributed by atoms with van der Waals surface area (Å²) in [6, 6.07) is 8.76. The van der Waals surface area contributed by atoms with Crippen LogP contribution < -0.4 is 11.5 Å². The van der Waals surface area contributed by atoms with Gasteiger partial charge >= 0.3 is 0 Å². The number of rotatable bonds is 8. The zero-order valence-corrected chi connectivity index (χ0v) is 12.8. The Morgan fingerprint density at radius 3 is 2.21 bits per heavy atom. The number of hydrogen-bond donors (Lipinski definition) is 2. The minimum atomic E-state index is -0.189. The largest absolute Gasteiger partial charge is 0.324 e. The molecule has 0 heterocycles. The smallest absolute Gasteiger partial charge is 0.0409 e. The second-order valence-corrected chi connectivity index (χ2v) is 5.68. The van der Waals surface area contributed by atoms with Gasteiger partial charge in [-0.25, -0.2) is 0 Å². The molecule has 0 aliphatic carbocycles. The van der Waals surface area contributed by atoms with Crippen LogP contribution >= 0.6 is 0 Å². The van der Waals surface area contributed by atoms with Gasteiger partial charge in [-0.1, -0.05) is 64.3 Å². The third-order valence-corrected chi connectivity index (χ3v) is 3.88. The van der Waals surface area contributed by atoms with E-state index in [1.165, 1.54) is 11.1 Å². The Labute approximate surface area is 118 Å². The Morgan fingerprint density at radius 2 is 1.68 bits per heavy atom. The molecule has 0 fully saturated rings. The van der Waals surface area contributed by atoms with E-state index in [-0.39, 0.29) is 11.6 Å². The molecular formula is C17H30N2. The van der Waals surface area contributed by atoms with E-state index in [1.54, 1.807) is 0 Å². The molecule has 1 atom stereocenters. The molecule has 0 saturated carbocycles. The van der Waals surface area contributed by atoms with Crippen molar-refractivity contribution in [2.24, 2.45) is 11.5 Å². The van der Waals surface area contributed by atoms with Crippen molar-refractivity contribution >= 4 is 0 Å². The minimum Gasteiger partial charge on any atom is -0.324 e. The van der Waals surface area contributed by atoms with Gasteiger partial charge in [-0.05, 0) is 30.4 Å². The molecule has 0 radical (unpaired) electrons. The van der Waals surface area contributed by atoms with Crippen LogP contribution in [0.4, 0.5) is 0 Å².